The first-order valence-electron chi connectivity index (χ1n) is 4.88. The molecule has 19 heavy (non-hydrogen) atoms. The van der Waals surface area contributed by atoms with Gasteiger partial charge in [0.2, 0.25) is 0 Å². The van der Waals surface area contributed by atoms with E-state index in [-0.39, 0.29) is 11.5 Å². The maximum atomic E-state index is 11.9. The molecule has 1 aromatic rings. The van der Waals surface area contributed by atoms with E-state index in [1.165, 1.54) is 20.3 Å². The van der Waals surface area contributed by atoms with Crippen molar-refractivity contribution in [2.24, 2.45) is 0 Å². The van der Waals surface area contributed by atoms with Gasteiger partial charge < -0.3 is 9.47 Å². The van der Waals surface area contributed by atoms with Gasteiger partial charge in [-0.1, -0.05) is 0 Å². The van der Waals surface area contributed by atoms with Gasteiger partial charge in [0, 0.05) is 6.07 Å². The Hall–Kier alpha value is -1.48. The molecule has 1 aromatic carbocycles. The number of ether oxygens (including phenoxy) is 2. The SMILES string of the molecule is COc1ccc(S(=O)(=O)OCC(F)(F)F)cc1OC. The number of benzene rings is 1. The highest BCUT2D eigenvalue weighted by atomic mass is 32.2. The van der Waals surface area contributed by atoms with E-state index in [4.69, 9.17) is 9.47 Å². The smallest absolute Gasteiger partial charge is 0.413 e. The summed E-state index contributed by atoms with van der Waals surface area (Å²) < 4.78 is 72.5. The number of methoxy groups -OCH3 is 2. The van der Waals surface area contributed by atoms with Crippen LogP contribution in [-0.4, -0.2) is 35.4 Å². The number of halogens is 3. The van der Waals surface area contributed by atoms with Crippen LogP contribution in [0.5, 0.6) is 11.5 Å². The van der Waals surface area contributed by atoms with Crippen LogP contribution in [0.3, 0.4) is 0 Å². The molecule has 0 aromatic heterocycles. The maximum Gasteiger partial charge on any atom is 0.413 e. The summed E-state index contributed by atoms with van der Waals surface area (Å²) in [6.07, 6.45) is -4.73. The number of hydrogen-bond acceptors (Lipinski definition) is 5. The number of hydrogen-bond donors (Lipinski definition) is 0. The van der Waals surface area contributed by atoms with Crippen molar-refractivity contribution < 1.29 is 35.2 Å². The quantitative estimate of drug-likeness (QED) is 0.778. The zero-order valence-electron chi connectivity index (χ0n) is 10.0. The molecule has 0 heterocycles. The normalized spacial score (nSPS) is 12.3. The Morgan fingerprint density at radius 1 is 1.11 bits per heavy atom. The first-order valence-corrected chi connectivity index (χ1v) is 6.28. The largest absolute Gasteiger partial charge is 0.493 e. The van der Waals surface area contributed by atoms with Gasteiger partial charge in [0.1, 0.15) is 0 Å². The summed E-state index contributed by atoms with van der Waals surface area (Å²) in [7, 11) is -1.90. The third kappa shape index (κ3) is 4.28. The van der Waals surface area contributed by atoms with E-state index >= 15 is 0 Å². The predicted octanol–water partition coefficient (Wildman–Crippen LogP) is 1.97. The van der Waals surface area contributed by atoms with Crippen LogP contribution in [0.25, 0.3) is 0 Å². The Kier molecular flexibility index (Phi) is 4.64. The van der Waals surface area contributed by atoms with Crippen molar-refractivity contribution in [2.75, 3.05) is 20.8 Å². The molecular formula is C10H11F3O5S. The molecule has 0 fully saturated rings. The Morgan fingerprint density at radius 3 is 2.16 bits per heavy atom. The Bertz CT molecular complexity index is 539. The standard InChI is InChI=1S/C10H11F3O5S/c1-16-8-4-3-7(5-9(8)17-2)19(14,15)18-6-10(11,12)13/h3-5H,6H2,1-2H3. The lowest BCUT2D eigenvalue weighted by atomic mass is 10.3. The molecule has 1 rings (SSSR count). The third-order valence-electron chi connectivity index (χ3n) is 2.02. The summed E-state index contributed by atoms with van der Waals surface area (Å²) in [5.41, 5.74) is 0. The van der Waals surface area contributed by atoms with E-state index in [0.29, 0.717) is 0 Å². The van der Waals surface area contributed by atoms with Crippen molar-refractivity contribution in [1.82, 2.24) is 0 Å². The van der Waals surface area contributed by atoms with Gasteiger partial charge in [-0.25, -0.2) is 0 Å². The van der Waals surface area contributed by atoms with Gasteiger partial charge in [-0.15, -0.1) is 0 Å². The highest BCUT2D eigenvalue weighted by molar-refractivity contribution is 7.86. The van der Waals surface area contributed by atoms with E-state index in [2.05, 4.69) is 4.18 Å². The molecule has 0 atom stereocenters. The average Bonchev–Trinajstić information content (AvgIpc) is 2.35. The fraction of sp³-hybridized carbons (Fsp3) is 0.400. The second-order valence-electron chi connectivity index (χ2n) is 3.35. The van der Waals surface area contributed by atoms with E-state index in [0.717, 1.165) is 12.1 Å². The first kappa shape index (κ1) is 15.6. The van der Waals surface area contributed by atoms with Gasteiger partial charge in [-0.3, -0.25) is 4.18 Å². The van der Waals surface area contributed by atoms with Crippen LogP contribution in [-0.2, 0) is 14.3 Å². The summed E-state index contributed by atoms with van der Waals surface area (Å²) in [6.45, 7) is -1.89. The molecule has 0 saturated carbocycles. The fourth-order valence-electron chi connectivity index (χ4n) is 1.18. The summed E-state index contributed by atoms with van der Waals surface area (Å²) in [5, 5.41) is 0. The van der Waals surface area contributed by atoms with E-state index in [9.17, 15) is 21.6 Å². The van der Waals surface area contributed by atoms with Crippen LogP contribution in [0, 0.1) is 0 Å². The van der Waals surface area contributed by atoms with Crippen molar-refractivity contribution in [1.29, 1.82) is 0 Å². The average molecular weight is 300 g/mol. The van der Waals surface area contributed by atoms with E-state index < -0.39 is 27.8 Å². The summed E-state index contributed by atoms with van der Waals surface area (Å²) in [6, 6.07) is 3.33. The molecule has 0 bridgehead atoms. The zero-order valence-corrected chi connectivity index (χ0v) is 10.8. The molecule has 0 radical (unpaired) electrons. The van der Waals surface area contributed by atoms with Crippen LogP contribution in [0.2, 0.25) is 0 Å². The van der Waals surface area contributed by atoms with Crippen LogP contribution in [0.4, 0.5) is 13.2 Å². The third-order valence-corrected chi connectivity index (χ3v) is 3.28. The molecule has 0 unspecified atom stereocenters. The molecule has 5 nitrogen and oxygen atoms in total. The summed E-state index contributed by atoms with van der Waals surface area (Å²) in [4.78, 5) is -0.450. The lowest BCUT2D eigenvalue weighted by Crippen LogP contribution is -2.20. The lowest BCUT2D eigenvalue weighted by molar-refractivity contribution is -0.152. The molecule has 0 aliphatic rings. The molecule has 0 aliphatic carbocycles. The highest BCUT2D eigenvalue weighted by Gasteiger charge is 2.31. The minimum absolute atomic E-state index is 0.0687. The maximum absolute atomic E-state index is 11.9. The molecule has 9 heteroatoms. The minimum Gasteiger partial charge on any atom is -0.493 e. The molecule has 0 saturated heterocycles. The molecule has 108 valence electrons. The van der Waals surface area contributed by atoms with Crippen molar-refractivity contribution in [3.05, 3.63) is 18.2 Å². The van der Waals surface area contributed by atoms with Gasteiger partial charge in [0.15, 0.2) is 18.1 Å². The topological polar surface area (TPSA) is 61.8 Å². The van der Waals surface area contributed by atoms with Gasteiger partial charge in [-0.2, -0.15) is 21.6 Å². The molecule has 0 N–H and O–H groups in total. The lowest BCUT2D eigenvalue weighted by Gasteiger charge is -2.11. The van der Waals surface area contributed by atoms with Crippen molar-refractivity contribution in [3.8, 4) is 11.5 Å². The van der Waals surface area contributed by atoms with Crippen LogP contribution >= 0.6 is 0 Å². The number of alkyl halides is 3. The second kappa shape index (κ2) is 5.66. The van der Waals surface area contributed by atoms with Gasteiger partial charge in [-0.05, 0) is 12.1 Å². The first-order chi connectivity index (χ1) is 8.69. The molecule has 0 aliphatic heterocycles. The van der Waals surface area contributed by atoms with Crippen molar-refractivity contribution in [3.63, 3.8) is 0 Å². The minimum atomic E-state index is -4.73. The van der Waals surface area contributed by atoms with E-state index in [1.807, 2.05) is 0 Å². The highest BCUT2D eigenvalue weighted by Crippen LogP contribution is 2.30. The van der Waals surface area contributed by atoms with Gasteiger partial charge in [0.25, 0.3) is 10.1 Å². The molecular weight excluding hydrogens is 289 g/mol. The summed E-state index contributed by atoms with van der Waals surface area (Å²) in [5.74, 6) is 0.316. The second-order valence-corrected chi connectivity index (χ2v) is 4.96. The zero-order chi connectivity index (χ0) is 14.7. The Morgan fingerprint density at radius 2 is 1.68 bits per heavy atom. The molecule has 0 spiro atoms. The Labute approximate surface area is 108 Å². The van der Waals surface area contributed by atoms with E-state index in [1.54, 1.807) is 0 Å². The van der Waals surface area contributed by atoms with Gasteiger partial charge in [0.05, 0.1) is 19.1 Å². The fourth-order valence-corrected chi connectivity index (χ4v) is 2.10. The van der Waals surface area contributed by atoms with Crippen LogP contribution in [0.1, 0.15) is 0 Å². The monoisotopic (exact) mass is 300 g/mol. The predicted molar refractivity (Wildman–Crippen MR) is 58.7 cm³/mol. The van der Waals surface area contributed by atoms with Crippen LogP contribution in [0.15, 0.2) is 23.1 Å². The molecule has 0 amide bonds. The number of rotatable bonds is 5. The summed E-state index contributed by atoms with van der Waals surface area (Å²) >= 11 is 0. The van der Waals surface area contributed by atoms with Crippen molar-refractivity contribution in [2.45, 2.75) is 11.1 Å². The van der Waals surface area contributed by atoms with Gasteiger partial charge >= 0.3 is 6.18 Å². The Balaban J connectivity index is 3.02. The van der Waals surface area contributed by atoms with Crippen LogP contribution < -0.4 is 9.47 Å². The van der Waals surface area contributed by atoms with Crippen molar-refractivity contribution >= 4 is 10.1 Å².